The van der Waals surface area contributed by atoms with Crippen LogP contribution in [0.3, 0.4) is 0 Å². The molecule has 0 radical (unpaired) electrons. The van der Waals surface area contributed by atoms with Crippen molar-refractivity contribution in [2.24, 2.45) is 0 Å². The first-order chi connectivity index (χ1) is 10.4. The maximum atomic E-state index is 12.5. The third-order valence-electron chi connectivity index (χ3n) is 2.79. The lowest BCUT2D eigenvalue weighted by Gasteiger charge is -2.21. The predicted octanol–water partition coefficient (Wildman–Crippen LogP) is 4.19. The number of halogens is 3. The van der Waals surface area contributed by atoms with E-state index in [1.54, 1.807) is 27.7 Å². The van der Waals surface area contributed by atoms with Gasteiger partial charge in [-0.3, -0.25) is 4.79 Å². The molecule has 0 bridgehead atoms. The number of benzene rings is 1. The van der Waals surface area contributed by atoms with Crippen LogP contribution in [0.2, 0.25) is 0 Å². The number of carbonyl (C=O) groups excluding carboxylic acids is 2. The van der Waals surface area contributed by atoms with E-state index < -0.39 is 29.5 Å². The molecule has 1 aromatic rings. The number of ether oxygens (including phenoxy) is 1. The lowest BCUT2D eigenvalue weighted by Crippen LogP contribution is -2.38. The quantitative estimate of drug-likeness (QED) is 0.842. The zero-order valence-corrected chi connectivity index (χ0v) is 13.5. The summed E-state index contributed by atoms with van der Waals surface area (Å²) in [7, 11) is 0. The van der Waals surface area contributed by atoms with E-state index in [2.05, 4.69) is 5.32 Å². The smallest absolute Gasteiger partial charge is 0.416 e. The first-order valence-corrected chi connectivity index (χ1v) is 7.08. The van der Waals surface area contributed by atoms with Gasteiger partial charge in [-0.25, -0.2) is 4.79 Å². The summed E-state index contributed by atoms with van der Waals surface area (Å²) in [6.45, 7) is 6.76. The molecular formula is C16H20F3NO3. The lowest BCUT2D eigenvalue weighted by atomic mass is 10.0. The summed E-state index contributed by atoms with van der Waals surface area (Å²) in [5.74, 6) is -0.359. The number of alkyl halides is 3. The highest BCUT2D eigenvalue weighted by molar-refractivity contribution is 5.96. The van der Waals surface area contributed by atoms with Crippen LogP contribution in [-0.2, 0) is 10.9 Å². The molecule has 0 aliphatic heterocycles. The molecule has 0 aliphatic carbocycles. The van der Waals surface area contributed by atoms with Crippen molar-refractivity contribution in [1.82, 2.24) is 5.32 Å². The van der Waals surface area contributed by atoms with E-state index in [0.29, 0.717) is 0 Å². The summed E-state index contributed by atoms with van der Waals surface area (Å²) in [6, 6.07) is 3.48. The van der Waals surface area contributed by atoms with Gasteiger partial charge in [0.1, 0.15) is 5.60 Å². The molecule has 0 saturated heterocycles. The molecule has 0 spiro atoms. The summed E-state index contributed by atoms with van der Waals surface area (Å²) < 4.78 is 42.5. The van der Waals surface area contributed by atoms with Crippen molar-refractivity contribution >= 4 is 11.9 Å². The van der Waals surface area contributed by atoms with Crippen molar-refractivity contribution in [1.29, 1.82) is 0 Å². The molecule has 1 aromatic carbocycles. The van der Waals surface area contributed by atoms with E-state index in [4.69, 9.17) is 4.74 Å². The van der Waals surface area contributed by atoms with Crippen LogP contribution in [0, 0.1) is 0 Å². The lowest BCUT2D eigenvalue weighted by molar-refractivity contribution is -0.137. The normalized spacial score (nSPS) is 13.3. The Morgan fingerprint density at radius 2 is 1.65 bits per heavy atom. The van der Waals surface area contributed by atoms with Crippen molar-refractivity contribution in [2.75, 3.05) is 0 Å². The van der Waals surface area contributed by atoms with Crippen molar-refractivity contribution in [3.8, 4) is 0 Å². The standard InChI is InChI=1S/C16H20F3NO3/c1-10(20-14(22)23-15(2,3)4)9-13(21)11-5-7-12(8-6-11)16(17,18)19/h5-8,10H,9H2,1-4H3,(H,20,22). The summed E-state index contributed by atoms with van der Waals surface area (Å²) in [4.78, 5) is 23.6. The van der Waals surface area contributed by atoms with Gasteiger partial charge < -0.3 is 10.1 Å². The number of rotatable bonds is 4. The third kappa shape index (κ3) is 6.71. The van der Waals surface area contributed by atoms with Crippen LogP contribution >= 0.6 is 0 Å². The van der Waals surface area contributed by atoms with E-state index in [-0.39, 0.29) is 17.8 Å². The highest BCUT2D eigenvalue weighted by Crippen LogP contribution is 2.29. The Hall–Kier alpha value is -2.05. The maximum Gasteiger partial charge on any atom is 0.416 e. The average molecular weight is 331 g/mol. The van der Waals surface area contributed by atoms with Gasteiger partial charge in [0.15, 0.2) is 5.78 Å². The van der Waals surface area contributed by atoms with Gasteiger partial charge in [0, 0.05) is 18.0 Å². The second-order valence-electron chi connectivity index (χ2n) is 6.25. The molecule has 0 aromatic heterocycles. The molecule has 1 unspecified atom stereocenters. The zero-order chi connectivity index (χ0) is 17.8. The second-order valence-corrected chi connectivity index (χ2v) is 6.25. The highest BCUT2D eigenvalue weighted by Gasteiger charge is 2.30. The predicted molar refractivity (Wildman–Crippen MR) is 79.2 cm³/mol. The zero-order valence-electron chi connectivity index (χ0n) is 13.5. The van der Waals surface area contributed by atoms with Gasteiger partial charge in [0.25, 0.3) is 0 Å². The van der Waals surface area contributed by atoms with Crippen LogP contribution in [0.15, 0.2) is 24.3 Å². The van der Waals surface area contributed by atoms with E-state index in [0.717, 1.165) is 24.3 Å². The Bertz CT molecular complexity index is 559. The minimum atomic E-state index is -4.44. The molecule has 1 N–H and O–H groups in total. The van der Waals surface area contributed by atoms with Crippen molar-refractivity contribution < 1.29 is 27.5 Å². The monoisotopic (exact) mass is 331 g/mol. The molecular weight excluding hydrogens is 311 g/mol. The maximum absolute atomic E-state index is 12.5. The summed E-state index contributed by atoms with van der Waals surface area (Å²) >= 11 is 0. The molecule has 7 heteroatoms. The van der Waals surface area contributed by atoms with Gasteiger partial charge >= 0.3 is 12.3 Å². The van der Waals surface area contributed by atoms with E-state index in [1.807, 2.05) is 0 Å². The number of Topliss-reactive ketones (excluding diaryl/α,β-unsaturated/α-hetero) is 1. The van der Waals surface area contributed by atoms with Crippen molar-refractivity contribution in [2.45, 2.75) is 51.9 Å². The van der Waals surface area contributed by atoms with Crippen molar-refractivity contribution in [3.63, 3.8) is 0 Å². The van der Waals surface area contributed by atoms with Crippen molar-refractivity contribution in [3.05, 3.63) is 35.4 Å². The Morgan fingerprint density at radius 1 is 1.13 bits per heavy atom. The Kier molecular flexibility index (Phi) is 5.80. The molecule has 0 fully saturated rings. The highest BCUT2D eigenvalue weighted by atomic mass is 19.4. The van der Waals surface area contributed by atoms with E-state index in [1.165, 1.54) is 0 Å². The molecule has 1 atom stereocenters. The molecule has 1 amide bonds. The fourth-order valence-corrected chi connectivity index (χ4v) is 1.80. The van der Waals surface area contributed by atoms with Gasteiger partial charge in [0.2, 0.25) is 0 Å². The van der Waals surface area contributed by atoms with Gasteiger partial charge in [-0.2, -0.15) is 13.2 Å². The Morgan fingerprint density at radius 3 is 2.09 bits per heavy atom. The minimum absolute atomic E-state index is 0.0371. The number of hydrogen-bond donors (Lipinski definition) is 1. The van der Waals surface area contributed by atoms with Crippen LogP contribution < -0.4 is 5.32 Å². The van der Waals surface area contributed by atoms with Crippen LogP contribution in [0.25, 0.3) is 0 Å². The topological polar surface area (TPSA) is 55.4 Å². The number of hydrogen-bond acceptors (Lipinski definition) is 3. The fourth-order valence-electron chi connectivity index (χ4n) is 1.80. The number of nitrogens with one attached hydrogen (secondary N) is 1. The summed E-state index contributed by atoms with van der Waals surface area (Å²) in [5, 5.41) is 2.51. The molecule has 23 heavy (non-hydrogen) atoms. The first-order valence-electron chi connectivity index (χ1n) is 7.08. The Balaban J connectivity index is 2.60. The van der Waals surface area contributed by atoms with Crippen LogP contribution in [-0.4, -0.2) is 23.5 Å². The van der Waals surface area contributed by atoms with E-state index in [9.17, 15) is 22.8 Å². The van der Waals surface area contributed by atoms with Gasteiger partial charge in [-0.1, -0.05) is 12.1 Å². The third-order valence-corrected chi connectivity index (χ3v) is 2.79. The van der Waals surface area contributed by atoms with Gasteiger partial charge in [0.05, 0.1) is 5.56 Å². The second kappa shape index (κ2) is 7.02. The summed E-state index contributed by atoms with van der Waals surface area (Å²) in [5.41, 5.74) is -1.30. The molecule has 0 heterocycles. The number of carbonyl (C=O) groups is 2. The van der Waals surface area contributed by atoms with Gasteiger partial charge in [-0.05, 0) is 39.8 Å². The first kappa shape index (κ1) is 19.0. The molecule has 0 saturated carbocycles. The molecule has 0 aliphatic rings. The van der Waals surface area contributed by atoms with Gasteiger partial charge in [-0.15, -0.1) is 0 Å². The number of alkyl carbamates (subject to hydrolysis) is 1. The fraction of sp³-hybridized carbons (Fsp3) is 0.500. The summed E-state index contributed by atoms with van der Waals surface area (Å²) in [6.07, 6.45) is -5.12. The van der Waals surface area contributed by atoms with Crippen LogP contribution in [0.1, 0.15) is 50.0 Å². The minimum Gasteiger partial charge on any atom is -0.444 e. The number of amides is 1. The molecule has 4 nitrogen and oxygen atoms in total. The molecule has 1 rings (SSSR count). The SMILES string of the molecule is CC(CC(=O)c1ccc(C(F)(F)F)cc1)NC(=O)OC(C)(C)C. The van der Waals surface area contributed by atoms with Crippen LogP contribution in [0.5, 0.6) is 0 Å². The Labute approximate surface area is 133 Å². The average Bonchev–Trinajstić information content (AvgIpc) is 2.35. The number of ketones is 1. The van der Waals surface area contributed by atoms with E-state index >= 15 is 0 Å². The largest absolute Gasteiger partial charge is 0.444 e. The molecule has 128 valence electrons. The van der Waals surface area contributed by atoms with Crippen LogP contribution in [0.4, 0.5) is 18.0 Å².